The maximum Gasteiger partial charge on any atom is 0.247 e. The van der Waals surface area contributed by atoms with Gasteiger partial charge in [0.2, 0.25) is 5.91 Å². The topological polar surface area (TPSA) is 69.5 Å². The summed E-state index contributed by atoms with van der Waals surface area (Å²) >= 11 is 0. The second-order valence-corrected chi connectivity index (χ2v) is 4.06. The van der Waals surface area contributed by atoms with Crippen molar-refractivity contribution in [2.75, 3.05) is 5.32 Å². The number of carbonyl (C=O) groups excluding carboxylic acids is 1. The van der Waals surface area contributed by atoms with Crippen LogP contribution in [-0.2, 0) is 0 Å². The van der Waals surface area contributed by atoms with Crippen molar-refractivity contribution in [2.45, 2.75) is 6.17 Å². The molecule has 1 aromatic carbocycles. The third kappa shape index (κ3) is 1.61. The van der Waals surface area contributed by atoms with Crippen molar-refractivity contribution in [1.29, 1.82) is 0 Å². The molecule has 1 aromatic heterocycles. The van der Waals surface area contributed by atoms with Crippen LogP contribution in [0.2, 0.25) is 0 Å². The predicted molar refractivity (Wildman–Crippen MR) is 65.3 cm³/mol. The number of nitrogens with one attached hydrogen (secondary N) is 2. The standard InChI is InChI=1S/C13H10N3O2/c17-13-10-5-1-2-6-11(10)15-12(16(13)18)9-4-3-7-14-8-9/h1-8,12,15H/q-1/p+1. The maximum absolute atomic E-state index is 12.0. The van der Waals surface area contributed by atoms with Crippen LogP contribution in [0.5, 0.6) is 0 Å². The Morgan fingerprint density at radius 1 is 1.22 bits per heavy atom. The quantitative estimate of drug-likeness (QED) is 0.823. The normalized spacial score (nSPS) is 18.2. The zero-order valence-electron chi connectivity index (χ0n) is 9.46. The number of hydrogen-bond donors (Lipinski definition) is 1. The van der Waals surface area contributed by atoms with Gasteiger partial charge in [0.1, 0.15) is 6.17 Å². The van der Waals surface area contributed by atoms with Crippen LogP contribution in [0.4, 0.5) is 5.69 Å². The van der Waals surface area contributed by atoms with E-state index in [0.29, 0.717) is 16.3 Å². The molecule has 5 heteroatoms. The largest absolute Gasteiger partial charge is 0.754 e. The number of anilines is 1. The fourth-order valence-electron chi connectivity index (χ4n) is 2.03. The lowest BCUT2D eigenvalue weighted by Crippen LogP contribution is -2.39. The van der Waals surface area contributed by atoms with Gasteiger partial charge in [-0.15, -0.1) is 0 Å². The number of benzene rings is 1. The number of hydroxylamine groups is 2. The van der Waals surface area contributed by atoms with E-state index >= 15 is 0 Å². The summed E-state index contributed by atoms with van der Waals surface area (Å²) in [6, 6.07) is 10.6. The van der Waals surface area contributed by atoms with E-state index < -0.39 is 12.1 Å². The average Bonchev–Trinajstić information content (AvgIpc) is 2.44. The van der Waals surface area contributed by atoms with Gasteiger partial charge in [-0.05, 0) is 18.2 Å². The monoisotopic (exact) mass is 241 g/mol. The van der Waals surface area contributed by atoms with Gasteiger partial charge in [0.15, 0.2) is 12.4 Å². The Morgan fingerprint density at radius 3 is 2.83 bits per heavy atom. The van der Waals surface area contributed by atoms with Crippen molar-refractivity contribution in [1.82, 2.24) is 5.06 Å². The number of aromatic nitrogens is 1. The minimum absolute atomic E-state index is 0.406. The summed E-state index contributed by atoms with van der Waals surface area (Å²) < 4.78 is 0. The molecule has 2 heterocycles. The zero-order chi connectivity index (χ0) is 12.5. The first-order chi connectivity index (χ1) is 8.77. The molecule has 1 amide bonds. The van der Waals surface area contributed by atoms with E-state index in [1.165, 1.54) is 0 Å². The zero-order valence-corrected chi connectivity index (χ0v) is 9.46. The highest BCUT2D eigenvalue weighted by molar-refractivity contribution is 6.01. The lowest BCUT2D eigenvalue weighted by Gasteiger charge is -2.41. The molecule has 0 bridgehead atoms. The van der Waals surface area contributed by atoms with Crippen LogP contribution < -0.4 is 10.3 Å². The van der Waals surface area contributed by atoms with Crippen LogP contribution in [0.15, 0.2) is 48.8 Å². The highest BCUT2D eigenvalue weighted by Gasteiger charge is 2.27. The first-order valence-corrected chi connectivity index (χ1v) is 5.59. The fraction of sp³-hybridized carbons (Fsp3) is 0.0769. The fourth-order valence-corrected chi connectivity index (χ4v) is 2.03. The summed E-state index contributed by atoms with van der Waals surface area (Å²) in [7, 11) is 0. The van der Waals surface area contributed by atoms with Gasteiger partial charge in [0, 0.05) is 11.8 Å². The Bertz CT molecular complexity index is 586. The Labute approximate surface area is 104 Å². The number of carbonyl (C=O) groups is 1. The minimum Gasteiger partial charge on any atom is -0.754 e. The summed E-state index contributed by atoms with van der Waals surface area (Å²) in [4.78, 5) is 14.9. The number of pyridine rings is 1. The smallest absolute Gasteiger partial charge is 0.247 e. The molecule has 18 heavy (non-hydrogen) atoms. The average molecular weight is 241 g/mol. The molecule has 90 valence electrons. The van der Waals surface area contributed by atoms with Crippen molar-refractivity contribution in [3.8, 4) is 0 Å². The summed E-state index contributed by atoms with van der Waals surface area (Å²) in [5.74, 6) is -0.516. The number of hydrogen-bond acceptors (Lipinski definition) is 3. The number of H-pyrrole nitrogens is 1. The maximum atomic E-state index is 12.0. The van der Waals surface area contributed by atoms with Crippen molar-refractivity contribution in [3.63, 3.8) is 0 Å². The summed E-state index contributed by atoms with van der Waals surface area (Å²) in [5.41, 5.74) is 1.81. The van der Waals surface area contributed by atoms with Gasteiger partial charge in [-0.1, -0.05) is 12.1 Å². The van der Waals surface area contributed by atoms with Crippen LogP contribution in [0.25, 0.3) is 0 Å². The predicted octanol–water partition coefficient (Wildman–Crippen LogP) is 1.56. The van der Waals surface area contributed by atoms with E-state index in [1.807, 2.05) is 6.07 Å². The Balaban J connectivity index is 2.04. The molecular formula is C13H11N3O2. The van der Waals surface area contributed by atoms with Crippen molar-refractivity contribution < 1.29 is 9.78 Å². The van der Waals surface area contributed by atoms with Crippen LogP contribution in [-0.4, -0.2) is 11.0 Å². The molecular weight excluding hydrogens is 230 g/mol. The molecule has 1 aliphatic rings. The molecule has 1 aliphatic heterocycles. The van der Waals surface area contributed by atoms with E-state index in [1.54, 1.807) is 42.7 Å². The van der Waals surface area contributed by atoms with Crippen molar-refractivity contribution in [3.05, 3.63) is 65.1 Å². The second kappa shape index (κ2) is 4.12. The molecule has 5 nitrogen and oxygen atoms in total. The SMILES string of the molecule is O=C1c2ccccc2NC(c2ccc[nH+]c2)N1[O-]. The first kappa shape index (κ1) is 10.7. The molecule has 0 spiro atoms. The van der Waals surface area contributed by atoms with Gasteiger partial charge in [-0.3, -0.25) is 4.79 Å². The summed E-state index contributed by atoms with van der Waals surface area (Å²) in [6.45, 7) is 0. The first-order valence-electron chi connectivity index (χ1n) is 5.59. The van der Waals surface area contributed by atoms with Crippen LogP contribution in [0, 0.1) is 5.21 Å². The molecule has 2 N–H and O–H groups in total. The summed E-state index contributed by atoms with van der Waals surface area (Å²) in [5, 5.41) is 15.5. The Kier molecular flexibility index (Phi) is 2.46. The molecule has 0 radical (unpaired) electrons. The Hall–Kier alpha value is -2.40. The highest BCUT2D eigenvalue weighted by atomic mass is 16.5. The van der Waals surface area contributed by atoms with Gasteiger partial charge >= 0.3 is 0 Å². The van der Waals surface area contributed by atoms with E-state index in [0.717, 1.165) is 5.56 Å². The van der Waals surface area contributed by atoms with Gasteiger partial charge < -0.3 is 15.6 Å². The molecule has 0 fully saturated rings. The lowest BCUT2D eigenvalue weighted by atomic mass is 10.1. The van der Waals surface area contributed by atoms with Crippen LogP contribution in [0.3, 0.4) is 0 Å². The van der Waals surface area contributed by atoms with Crippen LogP contribution >= 0.6 is 0 Å². The van der Waals surface area contributed by atoms with Gasteiger partial charge in [-0.2, -0.15) is 0 Å². The van der Waals surface area contributed by atoms with Crippen molar-refractivity contribution in [2.24, 2.45) is 0 Å². The molecule has 1 unspecified atom stereocenters. The van der Waals surface area contributed by atoms with E-state index in [2.05, 4.69) is 10.3 Å². The number of amides is 1. The molecule has 0 saturated carbocycles. The molecule has 0 aliphatic carbocycles. The Morgan fingerprint density at radius 2 is 2.06 bits per heavy atom. The number of aromatic amines is 1. The summed E-state index contributed by atoms with van der Waals surface area (Å²) in [6.07, 6.45) is 2.76. The van der Waals surface area contributed by atoms with E-state index in [9.17, 15) is 10.0 Å². The number of para-hydroxylation sites is 1. The highest BCUT2D eigenvalue weighted by Crippen LogP contribution is 2.31. The third-order valence-corrected chi connectivity index (χ3v) is 2.93. The molecule has 2 aromatic rings. The molecule has 3 rings (SSSR count). The molecule has 1 atom stereocenters. The van der Waals surface area contributed by atoms with Gasteiger partial charge in [0.05, 0.1) is 11.1 Å². The third-order valence-electron chi connectivity index (χ3n) is 2.93. The van der Waals surface area contributed by atoms with E-state index in [-0.39, 0.29) is 0 Å². The number of fused-ring (bicyclic) bond motifs is 1. The number of rotatable bonds is 1. The van der Waals surface area contributed by atoms with Crippen LogP contribution in [0.1, 0.15) is 22.1 Å². The van der Waals surface area contributed by atoms with E-state index in [4.69, 9.17) is 0 Å². The second-order valence-electron chi connectivity index (χ2n) is 4.06. The number of nitrogens with zero attached hydrogens (tertiary/aromatic N) is 1. The lowest BCUT2D eigenvalue weighted by molar-refractivity contribution is -0.379. The van der Waals surface area contributed by atoms with Gasteiger partial charge in [0.25, 0.3) is 0 Å². The van der Waals surface area contributed by atoms with Crippen molar-refractivity contribution >= 4 is 11.6 Å². The van der Waals surface area contributed by atoms with Gasteiger partial charge in [-0.25, -0.2) is 4.98 Å². The minimum atomic E-state index is -0.690. The molecule has 0 saturated heterocycles.